The number of hydrazine groups is 1. The topological polar surface area (TPSA) is 58.6 Å². The van der Waals surface area contributed by atoms with Crippen LogP contribution in [0.4, 0.5) is 0 Å². The Morgan fingerprint density at radius 1 is 1.16 bits per heavy atom. The Labute approximate surface area is 111 Å². The largest absolute Gasteiger partial charge is 0.379 e. The van der Waals surface area contributed by atoms with Crippen LogP contribution in [-0.2, 0) is 14.3 Å². The van der Waals surface area contributed by atoms with E-state index in [4.69, 9.17) is 4.74 Å². The van der Waals surface area contributed by atoms with Gasteiger partial charge in [0.25, 0.3) is 0 Å². The van der Waals surface area contributed by atoms with Gasteiger partial charge in [-0.3, -0.25) is 15.0 Å². The molecular formula is C14H16N2O3. The lowest BCUT2D eigenvalue weighted by Gasteiger charge is -2.26. The van der Waals surface area contributed by atoms with Gasteiger partial charge in [0.05, 0.1) is 13.2 Å². The Morgan fingerprint density at radius 3 is 2.53 bits per heavy atom. The van der Waals surface area contributed by atoms with Crippen LogP contribution in [0.5, 0.6) is 0 Å². The van der Waals surface area contributed by atoms with Crippen LogP contribution in [0.1, 0.15) is 5.56 Å². The lowest BCUT2D eigenvalue weighted by atomic mass is 10.2. The second-order valence-electron chi connectivity index (χ2n) is 4.15. The van der Waals surface area contributed by atoms with Gasteiger partial charge in [-0.1, -0.05) is 36.4 Å². The zero-order valence-corrected chi connectivity index (χ0v) is 10.5. The third kappa shape index (κ3) is 4.31. The Balaban J connectivity index is 1.85. The molecule has 1 heterocycles. The summed E-state index contributed by atoms with van der Waals surface area (Å²) in [6.45, 7) is 2.32. The van der Waals surface area contributed by atoms with Crippen LogP contribution in [0.2, 0.25) is 0 Å². The number of morpholine rings is 1. The summed E-state index contributed by atoms with van der Waals surface area (Å²) in [7, 11) is 0. The first-order valence-corrected chi connectivity index (χ1v) is 6.16. The molecule has 5 heteroatoms. The normalized spacial score (nSPS) is 16.4. The molecule has 1 fully saturated rings. The minimum absolute atomic E-state index is 0.560. The quantitative estimate of drug-likeness (QED) is 0.637. The van der Waals surface area contributed by atoms with Crippen molar-refractivity contribution in [1.82, 2.24) is 10.4 Å². The second kappa shape index (κ2) is 6.82. The van der Waals surface area contributed by atoms with Gasteiger partial charge in [0.1, 0.15) is 0 Å². The maximum absolute atomic E-state index is 11.6. The molecule has 1 amide bonds. The Kier molecular flexibility index (Phi) is 4.83. The molecule has 0 radical (unpaired) electrons. The van der Waals surface area contributed by atoms with Crippen molar-refractivity contribution in [1.29, 1.82) is 0 Å². The van der Waals surface area contributed by atoms with Crippen molar-refractivity contribution in [3.8, 4) is 0 Å². The molecule has 0 atom stereocenters. The summed E-state index contributed by atoms with van der Waals surface area (Å²) in [6, 6.07) is 9.37. The number of ether oxygens (including phenoxy) is 1. The summed E-state index contributed by atoms with van der Waals surface area (Å²) in [6.07, 6.45) is 2.91. The molecule has 100 valence electrons. The number of carbonyl (C=O) groups is 2. The van der Waals surface area contributed by atoms with Gasteiger partial charge in [0.2, 0.25) is 5.78 Å². The molecule has 0 unspecified atom stereocenters. The van der Waals surface area contributed by atoms with E-state index in [0.717, 1.165) is 5.56 Å². The number of nitrogens with zero attached hydrogens (tertiary/aromatic N) is 1. The first-order valence-electron chi connectivity index (χ1n) is 6.16. The fourth-order valence-corrected chi connectivity index (χ4v) is 1.69. The van der Waals surface area contributed by atoms with E-state index in [1.54, 1.807) is 11.1 Å². The minimum Gasteiger partial charge on any atom is -0.379 e. The van der Waals surface area contributed by atoms with E-state index < -0.39 is 11.7 Å². The molecular weight excluding hydrogens is 244 g/mol. The van der Waals surface area contributed by atoms with Crippen LogP contribution < -0.4 is 5.43 Å². The molecule has 5 nitrogen and oxygen atoms in total. The molecule has 1 aliphatic rings. The number of nitrogens with one attached hydrogen (secondary N) is 1. The fourth-order valence-electron chi connectivity index (χ4n) is 1.69. The number of rotatable bonds is 4. The number of carbonyl (C=O) groups excluding carboxylic acids is 2. The molecule has 0 saturated carbocycles. The van der Waals surface area contributed by atoms with Crippen LogP contribution in [0.25, 0.3) is 6.08 Å². The Hall–Kier alpha value is -1.98. The molecule has 1 saturated heterocycles. The molecule has 1 N–H and O–H groups in total. The van der Waals surface area contributed by atoms with Crippen molar-refractivity contribution in [2.45, 2.75) is 0 Å². The number of hydrogen-bond donors (Lipinski definition) is 1. The first kappa shape index (κ1) is 13.5. The highest BCUT2D eigenvalue weighted by molar-refractivity contribution is 6.41. The van der Waals surface area contributed by atoms with Gasteiger partial charge in [0.15, 0.2) is 0 Å². The standard InChI is InChI=1S/C14H16N2O3/c17-13(7-6-12-4-2-1-3-5-12)14(18)15-16-8-10-19-11-9-16/h1-7H,8-11H2,(H,15,18). The monoisotopic (exact) mass is 260 g/mol. The number of hydrogen-bond acceptors (Lipinski definition) is 4. The van der Waals surface area contributed by atoms with E-state index in [0.29, 0.717) is 26.3 Å². The van der Waals surface area contributed by atoms with E-state index in [2.05, 4.69) is 5.43 Å². The third-order valence-corrected chi connectivity index (χ3v) is 2.72. The van der Waals surface area contributed by atoms with Gasteiger partial charge >= 0.3 is 5.91 Å². The van der Waals surface area contributed by atoms with Crippen molar-refractivity contribution in [3.05, 3.63) is 42.0 Å². The van der Waals surface area contributed by atoms with Gasteiger partial charge in [-0.2, -0.15) is 0 Å². The predicted molar refractivity (Wildman–Crippen MR) is 71.0 cm³/mol. The van der Waals surface area contributed by atoms with E-state index in [-0.39, 0.29) is 0 Å². The van der Waals surface area contributed by atoms with Gasteiger partial charge < -0.3 is 4.74 Å². The third-order valence-electron chi connectivity index (χ3n) is 2.72. The highest BCUT2D eigenvalue weighted by atomic mass is 16.5. The van der Waals surface area contributed by atoms with Gasteiger partial charge in [-0.05, 0) is 11.6 Å². The number of benzene rings is 1. The van der Waals surface area contributed by atoms with Crippen molar-refractivity contribution in [2.24, 2.45) is 0 Å². The predicted octanol–water partition coefficient (Wildman–Crippen LogP) is 0.632. The van der Waals surface area contributed by atoms with Gasteiger partial charge in [0, 0.05) is 13.1 Å². The van der Waals surface area contributed by atoms with Crippen molar-refractivity contribution < 1.29 is 14.3 Å². The molecule has 1 aromatic carbocycles. The summed E-state index contributed by atoms with van der Waals surface area (Å²) in [5.41, 5.74) is 3.45. The zero-order valence-electron chi connectivity index (χ0n) is 10.5. The maximum atomic E-state index is 11.6. The summed E-state index contributed by atoms with van der Waals surface area (Å²) in [4.78, 5) is 23.3. The summed E-state index contributed by atoms with van der Waals surface area (Å²) in [5, 5.41) is 1.69. The van der Waals surface area contributed by atoms with Crippen LogP contribution >= 0.6 is 0 Å². The Morgan fingerprint density at radius 2 is 1.84 bits per heavy atom. The van der Waals surface area contributed by atoms with Crippen molar-refractivity contribution in [2.75, 3.05) is 26.3 Å². The summed E-state index contributed by atoms with van der Waals surface area (Å²) >= 11 is 0. The molecule has 1 aliphatic heterocycles. The molecule has 0 spiro atoms. The van der Waals surface area contributed by atoms with Crippen LogP contribution in [0.3, 0.4) is 0 Å². The van der Waals surface area contributed by atoms with E-state index in [9.17, 15) is 9.59 Å². The summed E-state index contributed by atoms with van der Waals surface area (Å²) < 4.78 is 5.16. The maximum Gasteiger partial charge on any atom is 0.306 e. The fraction of sp³-hybridized carbons (Fsp3) is 0.286. The molecule has 1 aromatic rings. The highest BCUT2D eigenvalue weighted by Gasteiger charge is 2.16. The lowest BCUT2D eigenvalue weighted by molar-refractivity contribution is -0.139. The molecule has 0 aliphatic carbocycles. The number of amides is 1. The molecule has 0 aromatic heterocycles. The summed E-state index contributed by atoms with van der Waals surface area (Å²) in [5.74, 6) is -1.18. The van der Waals surface area contributed by atoms with Crippen LogP contribution in [0, 0.1) is 0 Å². The molecule has 2 rings (SSSR count). The highest BCUT2D eigenvalue weighted by Crippen LogP contribution is 2.01. The minimum atomic E-state index is -0.617. The van der Waals surface area contributed by atoms with E-state index in [1.807, 2.05) is 30.3 Å². The van der Waals surface area contributed by atoms with Gasteiger partial charge in [-0.25, -0.2) is 5.01 Å². The number of ketones is 1. The molecule has 0 bridgehead atoms. The van der Waals surface area contributed by atoms with Crippen molar-refractivity contribution in [3.63, 3.8) is 0 Å². The van der Waals surface area contributed by atoms with E-state index >= 15 is 0 Å². The first-order chi connectivity index (χ1) is 9.25. The average Bonchev–Trinajstić information content (AvgIpc) is 2.47. The van der Waals surface area contributed by atoms with Crippen LogP contribution in [0.15, 0.2) is 36.4 Å². The Bertz CT molecular complexity index is 465. The lowest BCUT2D eigenvalue weighted by Crippen LogP contribution is -2.50. The van der Waals surface area contributed by atoms with Crippen molar-refractivity contribution >= 4 is 17.8 Å². The average molecular weight is 260 g/mol. The van der Waals surface area contributed by atoms with E-state index in [1.165, 1.54) is 6.08 Å². The second-order valence-corrected chi connectivity index (χ2v) is 4.15. The smallest absolute Gasteiger partial charge is 0.306 e. The molecule has 19 heavy (non-hydrogen) atoms. The van der Waals surface area contributed by atoms with Crippen LogP contribution in [-0.4, -0.2) is 43.0 Å². The van der Waals surface area contributed by atoms with Gasteiger partial charge in [-0.15, -0.1) is 0 Å². The SMILES string of the molecule is O=C(C=Cc1ccccc1)C(=O)NN1CCOCC1. The zero-order chi connectivity index (χ0) is 13.5.